The molecule has 7 fully saturated rings. The lowest BCUT2D eigenvalue weighted by molar-refractivity contribution is -0.147. The SMILES string of the molecule is CC(C)(C)[C@H](CC(=O)C[C@H](CN1CCOC2(CC2)C1)C1CCCCC1)C(=O)N1C[C@]2(C[C@H]1C(=O)CC(CC1CCC1)C(=O)C(N)=O)C(C)(C)C21CCC1. The highest BCUT2D eigenvalue weighted by Crippen LogP contribution is 2.88. The van der Waals surface area contributed by atoms with Gasteiger partial charge in [-0.05, 0) is 72.5 Å². The molecular weight excluding hydrogens is 666 g/mol. The van der Waals surface area contributed by atoms with Gasteiger partial charge in [0.15, 0.2) is 5.78 Å². The number of nitrogens with zero attached hydrogens (tertiary/aromatic N) is 2. The first-order chi connectivity index (χ1) is 25.0. The first-order valence-corrected chi connectivity index (χ1v) is 21.6. The highest BCUT2D eigenvalue weighted by molar-refractivity contribution is 6.36. The van der Waals surface area contributed by atoms with Gasteiger partial charge in [-0.3, -0.25) is 28.9 Å². The van der Waals surface area contributed by atoms with Gasteiger partial charge in [-0.15, -0.1) is 0 Å². The van der Waals surface area contributed by atoms with E-state index in [1.165, 1.54) is 38.5 Å². The maximum absolute atomic E-state index is 15.1. The van der Waals surface area contributed by atoms with Crippen molar-refractivity contribution in [1.82, 2.24) is 9.80 Å². The van der Waals surface area contributed by atoms with Gasteiger partial charge in [0.25, 0.3) is 5.91 Å². The van der Waals surface area contributed by atoms with Crippen molar-refractivity contribution in [3.63, 3.8) is 0 Å². The predicted octanol–water partition coefficient (Wildman–Crippen LogP) is 6.68. The van der Waals surface area contributed by atoms with E-state index in [-0.39, 0.29) is 58.1 Å². The number of likely N-dealkylation sites (tertiary alicyclic amines) is 1. The van der Waals surface area contributed by atoms with Crippen LogP contribution in [0.5, 0.6) is 0 Å². The standard InChI is InChI=1S/C44H69N3O6/c1-40(2,3)34(24-33(48)22-32(30-13-7-6-8-14-30)26-46-19-20-53-42(27-46)17-18-42)39(52)47-28-44(41(4,5)43(44)15-10-16-43)25-35(47)36(49)23-31(37(50)38(45)51)21-29-11-9-12-29/h29-32,34-35H,6-28H2,1-5H3,(H2,45,51)/t31?,32-,34-,35+,44-/m1/s1. The monoisotopic (exact) mass is 736 g/mol. The summed E-state index contributed by atoms with van der Waals surface area (Å²) in [5.41, 5.74) is 5.04. The number of amides is 2. The number of primary amides is 1. The molecule has 9 nitrogen and oxygen atoms in total. The number of ether oxygens (including phenoxy) is 1. The fraction of sp³-hybridized carbons (Fsp3) is 0.886. The molecule has 5 saturated carbocycles. The summed E-state index contributed by atoms with van der Waals surface area (Å²) in [7, 11) is 0. The fourth-order valence-electron chi connectivity index (χ4n) is 12.5. The fourth-order valence-corrected chi connectivity index (χ4v) is 12.5. The van der Waals surface area contributed by atoms with Crippen LogP contribution in [0.25, 0.3) is 0 Å². The average Bonchev–Trinajstić information content (AvgIpc) is 3.81. The zero-order chi connectivity index (χ0) is 38.0. The Kier molecular flexibility index (Phi) is 10.6. The van der Waals surface area contributed by atoms with E-state index in [1.807, 2.05) is 4.90 Å². The number of hydrogen-bond donors (Lipinski definition) is 1. The highest BCUT2D eigenvalue weighted by atomic mass is 16.5. The lowest BCUT2D eigenvalue weighted by atomic mass is 9.73. The van der Waals surface area contributed by atoms with Crippen molar-refractivity contribution in [2.24, 2.45) is 57.0 Å². The van der Waals surface area contributed by atoms with E-state index in [9.17, 15) is 19.2 Å². The Balaban J connectivity index is 1.10. The Hall–Kier alpha value is -2.13. The molecule has 0 aromatic heterocycles. The van der Waals surface area contributed by atoms with Crippen LogP contribution >= 0.6 is 0 Å². The summed E-state index contributed by atoms with van der Waals surface area (Å²) in [6.45, 7) is 14.9. The van der Waals surface area contributed by atoms with Gasteiger partial charge in [-0.25, -0.2) is 0 Å². The Morgan fingerprint density at radius 2 is 1.53 bits per heavy atom. The van der Waals surface area contributed by atoms with Gasteiger partial charge in [0.1, 0.15) is 5.78 Å². The Bertz CT molecular complexity index is 1450. The minimum absolute atomic E-state index is 0.00100. The van der Waals surface area contributed by atoms with E-state index in [4.69, 9.17) is 10.5 Å². The minimum atomic E-state index is -0.979. The molecule has 2 saturated heterocycles. The predicted molar refractivity (Wildman–Crippen MR) is 203 cm³/mol. The Labute approximate surface area is 318 Å². The third-order valence-corrected chi connectivity index (χ3v) is 16.6. The summed E-state index contributed by atoms with van der Waals surface area (Å²) in [5.74, 6) is -1.84. The molecule has 7 rings (SSSR count). The van der Waals surface area contributed by atoms with Crippen LogP contribution in [0.15, 0.2) is 0 Å². The first-order valence-electron chi connectivity index (χ1n) is 21.6. The number of ketones is 3. The third kappa shape index (κ3) is 7.21. The van der Waals surface area contributed by atoms with E-state index >= 15 is 4.79 Å². The maximum Gasteiger partial charge on any atom is 0.285 e. The molecule has 1 unspecified atom stereocenters. The van der Waals surface area contributed by atoms with Crippen LogP contribution in [0.1, 0.15) is 150 Å². The van der Waals surface area contributed by atoms with E-state index in [0.29, 0.717) is 37.6 Å². The van der Waals surface area contributed by atoms with Crippen LogP contribution in [0.3, 0.4) is 0 Å². The van der Waals surface area contributed by atoms with Crippen molar-refractivity contribution in [2.75, 3.05) is 32.8 Å². The molecule has 2 aliphatic heterocycles. The molecule has 5 aliphatic carbocycles. The average molecular weight is 736 g/mol. The van der Waals surface area contributed by atoms with Gasteiger partial charge in [0.2, 0.25) is 11.7 Å². The lowest BCUT2D eigenvalue weighted by Gasteiger charge is -2.39. The number of carbonyl (C=O) groups excluding carboxylic acids is 5. The summed E-state index contributed by atoms with van der Waals surface area (Å²) in [4.78, 5) is 73.5. The van der Waals surface area contributed by atoms with Crippen molar-refractivity contribution in [1.29, 1.82) is 0 Å². The van der Waals surface area contributed by atoms with Gasteiger partial charge >= 0.3 is 0 Å². The Morgan fingerprint density at radius 1 is 0.830 bits per heavy atom. The number of Topliss-reactive ketones (excluding diaryl/α,β-unsaturated/α-hetero) is 3. The molecule has 53 heavy (non-hydrogen) atoms. The van der Waals surface area contributed by atoms with E-state index in [2.05, 4.69) is 39.5 Å². The van der Waals surface area contributed by atoms with Crippen LogP contribution in [-0.2, 0) is 28.7 Å². The second kappa shape index (κ2) is 14.4. The summed E-state index contributed by atoms with van der Waals surface area (Å²) in [5, 5.41) is 0. The minimum Gasteiger partial charge on any atom is -0.372 e. The van der Waals surface area contributed by atoms with Gasteiger partial charge < -0.3 is 15.4 Å². The molecule has 0 aromatic carbocycles. The van der Waals surface area contributed by atoms with Crippen molar-refractivity contribution in [3.8, 4) is 0 Å². The van der Waals surface area contributed by atoms with Crippen LogP contribution in [0.4, 0.5) is 0 Å². The topological polar surface area (TPSA) is 127 Å². The van der Waals surface area contributed by atoms with E-state index < -0.39 is 35.0 Å². The largest absolute Gasteiger partial charge is 0.372 e. The first kappa shape index (κ1) is 39.1. The molecular formula is C44H69N3O6. The second-order valence-electron chi connectivity index (χ2n) is 20.7. The van der Waals surface area contributed by atoms with Crippen LogP contribution < -0.4 is 5.73 Å². The van der Waals surface area contributed by atoms with Crippen molar-refractivity contribution >= 4 is 29.2 Å². The van der Waals surface area contributed by atoms with Crippen molar-refractivity contribution in [3.05, 3.63) is 0 Å². The number of morpholine rings is 1. The molecule has 2 heterocycles. The number of fused-ring (bicyclic) bond motifs is 1. The number of carbonyl (C=O) groups is 5. The van der Waals surface area contributed by atoms with E-state index in [1.54, 1.807) is 0 Å². The molecule has 0 radical (unpaired) electrons. The number of rotatable bonds is 15. The summed E-state index contributed by atoms with van der Waals surface area (Å²) in [6, 6.07) is -0.655. The summed E-state index contributed by atoms with van der Waals surface area (Å²) < 4.78 is 6.12. The number of hydrogen-bond acceptors (Lipinski definition) is 7. The quantitative estimate of drug-likeness (QED) is 0.186. The zero-order valence-electron chi connectivity index (χ0n) is 33.6. The maximum atomic E-state index is 15.1. The molecule has 2 N–H and O–H groups in total. The zero-order valence-corrected chi connectivity index (χ0v) is 33.6. The highest BCUT2D eigenvalue weighted by Gasteiger charge is 2.85. The molecule has 7 aliphatic rings. The molecule has 3 spiro atoms. The van der Waals surface area contributed by atoms with Crippen LogP contribution in [-0.4, -0.2) is 83.4 Å². The molecule has 0 bridgehead atoms. The smallest absolute Gasteiger partial charge is 0.285 e. The Morgan fingerprint density at radius 3 is 2.08 bits per heavy atom. The molecule has 296 valence electrons. The van der Waals surface area contributed by atoms with Crippen molar-refractivity contribution in [2.45, 2.75) is 162 Å². The molecule has 2 amide bonds. The third-order valence-electron chi connectivity index (χ3n) is 16.6. The van der Waals surface area contributed by atoms with Crippen molar-refractivity contribution < 1.29 is 28.7 Å². The van der Waals surface area contributed by atoms with Gasteiger partial charge in [-0.2, -0.15) is 0 Å². The second-order valence-corrected chi connectivity index (χ2v) is 20.7. The van der Waals surface area contributed by atoms with Crippen LogP contribution in [0, 0.1) is 51.2 Å². The van der Waals surface area contributed by atoms with E-state index in [0.717, 1.165) is 71.2 Å². The van der Waals surface area contributed by atoms with Crippen LogP contribution in [0.2, 0.25) is 0 Å². The summed E-state index contributed by atoms with van der Waals surface area (Å²) in [6.07, 6.45) is 16.5. The molecule has 5 atom stereocenters. The number of nitrogens with two attached hydrogens (primary N) is 1. The summed E-state index contributed by atoms with van der Waals surface area (Å²) >= 11 is 0. The normalized spacial score (nSPS) is 30.7. The van der Waals surface area contributed by atoms with Gasteiger partial charge in [0, 0.05) is 62.7 Å². The van der Waals surface area contributed by atoms with Gasteiger partial charge in [0.05, 0.1) is 18.2 Å². The molecule has 0 aromatic rings. The lowest BCUT2D eigenvalue weighted by Crippen LogP contribution is -2.48. The molecule has 9 heteroatoms. The van der Waals surface area contributed by atoms with Gasteiger partial charge in [-0.1, -0.05) is 92.4 Å².